The van der Waals surface area contributed by atoms with Gasteiger partial charge in [0.25, 0.3) is 5.91 Å². The quantitative estimate of drug-likeness (QED) is 0.370. The van der Waals surface area contributed by atoms with Crippen molar-refractivity contribution in [3.63, 3.8) is 0 Å². The van der Waals surface area contributed by atoms with Gasteiger partial charge in [-0.25, -0.2) is 0 Å². The lowest BCUT2D eigenvalue weighted by atomic mass is 10.0. The third-order valence-electron chi connectivity index (χ3n) is 7.24. The highest BCUT2D eigenvalue weighted by Gasteiger charge is 2.31. The predicted octanol–water partition coefficient (Wildman–Crippen LogP) is 7.04. The normalized spacial score (nSPS) is 13.8. The maximum atomic E-state index is 13.9. The van der Waals surface area contributed by atoms with E-state index >= 15 is 0 Å². The monoisotopic (exact) mass is 487 g/mol. The number of thiophene rings is 1. The Morgan fingerprint density at radius 2 is 1.80 bits per heavy atom. The Labute approximate surface area is 211 Å². The Bertz CT molecular complexity index is 1260. The van der Waals surface area contributed by atoms with Crippen LogP contribution in [-0.4, -0.2) is 22.8 Å². The van der Waals surface area contributed by atoms with Gasteiger partial charge in [0, 0.05) is 18.5 Å². The Morgan fingerprint density at radius 1 is 1.11 bits per heavy atom. The molecule has 3 aromatic rings. The van der Waals surface area contributed by atoms with E-state index in [1.807, 2.05) is 37.8 Å². The number of carbonyl (C=O) groups is 2. The first-order valence-corrected chi connectivity index (χ1v) is 13.4. The second kappa shape index (κ2) is 11.0. The number of hydrogen-bond donors (Lipinski definition) is 1. The van der Waals surface area contributed by atoms with Crippen LogP contribution in [0.1, 0.15) is 78.7 Å². The smallest absolute Gasteiger partial charge is 0.264 e. The molecule has 0 unspecified atom stereocenters. The summed E-state index contributed by atoms with van der Waals surface area (Å²) in [6.45, 7) is 6.32. The molecule has 4 rings (SSSR count). The number of nitrogens with one attached hydrogen (secondary N) is 1. The number of amides is 2. The minimum Gasteiger partial charge on any atom is -0.331 e. The van der Waals surface area contributed by atoms with Crippen molar-refractivity contribution >= 4 is 38.9 Å². The van der Waals surface area contributed by atoms with Gasteiger partial charge in [-0.2, -0.15) is 5.26 Å². The maximum absolute atomic E-state index is 13.9. The van der Waals surface area contributed by atoms with Gasteiger partial charge in [0.05, 0.1) is 10.4 Å². The maximum Gasteiger partial charge on any atom is 0.264 e. The van der Waals surface area contributed by atoms with Crippen molar-refractivity contribution in [2.24, 2.45) is 5.92 Å². The largest absolute Gasteiger partial charge is 0.331 e. The second-order valence-electron chi connectivity index (χ2n) is 9.43. The molecule has 5 nitrogen and oxygen atoms in total. The van der Waals surface area contributed by atoms with Gasteiger partial charge in [0.15, 0.2) is 0 Å². The van der Waals surface area contributed by atoms with Crippen molar-refractivity contribution in [3.8, 4) is 6.07 Å². The highest BCUT2D eigenvalue weighted by Crippen LogP contribution is 2.36. The van der Waals surface area contributed by atoms with E-state index in [0.717, 1.165) is 49.5 Å². The molecule has 1 aromatic heterocycles. The summed E-state index contributed by atoms with van der Waals surface area (Å²) in [5.41, 5.74) is 2.15. The molecule has 0 bridgehead atoms. The van der Waals surface area contributed by atoms with Gasteiger partial charge in [0.1, 0.15) is 11.1 Å². The molecule has 0 radical (unpaired) electrons. The molecule has 0 aliphatic heterocycles. The van der Waals surface area contributed by atoms with Crippen LogP contribution in [0.5, 0.6) is 0 Å². The molecule has 2 aromatic carbocycles. The Hall–Kier alpha value is -3.17. The van der Waals surface area contributed by atoms with Crippen molar-refractivity contribution in [3.05, 3.63) is 64.0 Å². The van der Waals surface area contributed by atoms with Crippen molar-refractivity contribution < 1.29 is 9.59 Å². The lowest BCUT2D eigenvalue weighted by molar-refractivity contribution is -0.120. The fraction of sp³-hybridized carbons (Fsp3) is 0.414. The molecule has 35 heavy (non-hydrogen) atoms. The average Bonchev–Trinajstić information content (AvgIpc) is 3.51. The van der Waals surface area contributed by atoms with Gasteiger partial charge >= 0.3 is 0 Å². The lowest BCUT2D eigenvalue weighted by Gasteiger charge is -2.29. The van der Waals surface area contributed by atoms with E-state index in [9.17, 15) is 14.9 Å². The first-order chi connectivity index (χ1) is 17.0. The number of hydrogen-bond acceptors (Lipinski definition) is 4. The summed E-state index contributed by atoms with van der Waals surface area (Å²) in [4.78, 5) is 29.2. The summed E-state index contributed by atoms with van der Waals surface area (Å²) in [5, 5.41) is 15.6. The number of anilines is 1. The first kappa shape index (κ1) is 24.9. The molecular weight excluding hydrogens is 454 g/mol. The van der Waals surface area contributed by atoms with Crippen LogP contribution >= 0.6 is 11.3 Å². The van der Waals surface area contributed by atoms with Gasteiger partial charge in [-0.1, -0.05) is 63.1 Å². The van der Waals surface area contributed by atoms with E-state index in [1.54, 1.807) is 0 Å². The molecule has 0 saturated heterocycles. The number of rotatable bonds is 8. The summed E-state index contributed by atoms with van der Waals surface area (Å²) in [6.07, 6.45) is 5.70. The zero-order valence-electron chi connectivity index (χ0n) is 20.8. The van der Waals surface area contributed by atoms with E-state index in [2.05, 4.69) is 41.7 Å². The van der Waals surface area contributed by atoms with E-state index < -0.39 is 0 Å². The standard InChI is InChI=1S/C29H33N3O2S/c1-4-21(5-2)27(33)31-28-25(17-30)19(3)26(35-28)29(34)32(24-12-8-9-13-24)18-20-14-15-22-10-6-7-11-23(22)16-20/h6-7,10-11,14-16,21,24H,4-5,8-9,12-13,18H2,1-3H3,(H,31,33). The zero-order chi connectivity index (χ0) is 24.9. The Kier molecular flexibility index (Phi) is 7.87. The summed E-state index contributed by atoms with van der Waals surface area (Å²) in [7, 11) is 0. The molecular formula is C29H33N3O2S. The first-order valence-electron chi connectivity index (χ1n) is 12.6. The van der Waals surface area contributed by atoms with Crippen molar-refractivity contribution in [2.45, 2.75) is 71.9 Å². The van der Waals surface area contributed by atoms with Crippen LogP contribution in [0.25, 0.3) is 10.8 Å². The SMILES string of the molecule is CCC(CC)C(=O)Nc1sc(C(=O)N(Cc2ccc3ccccc3c2)C2CCCC2)c(C)c1C#N. The molecule has 2 amide bonds. The summed E-state index contributed by atoms with van der Waals surface area (Å²) in [5.74, 6) is -0.242. The van der Waals surface area contributed by atoms with E-state index in [1.165, 1.54) is 16.7 Å². The van der Waals surface area contributed by atoms with Crippen molar-refractivity contribution in [2.75, 3.05) is 5.32 Å². The van der Waals surface area contributed by atoms with Gasteiger partial charge in [-0.3, -0.25) is 9.59 Å². The molecule has 1 saturated carbocycles. The van der Waals surface area contributed by atoms with Crippen LogP contribution in [-0.2, 0) is 11.3 Å². The van der Waals surface area contributed by atoms with Gasteiger partial charge in [0.2, 0.25) is 5.91 Å². The third kappa shape index (κ3) is 5.26. The molecule has 0 spiro atoms. The number of carbonyl (C=O) groups excluding carboxylic acids is 2. The lowest BCUT2D eigenvalue weighted by Crippen LogP contribution is -2.38. The predicted molar refractivity (Wildman–Crippen MR) is 143 cm³/mol. The summed E-state index contributed by atoms with van der Waals surface area (Å²) in [6, 6.07) is 17.0. The van der Waals surface area contributed by atoms with Crippen LogP contribution < -0.4 is 5.32 Å². The number of nitriles is 1. The Morgan fingerprint density at radius 3 is 2.46 bits per heavy atom. The minimum absolute atomic E-state index is 0.0490. The number of benzene rings is 2. The van der Waals surface area contributed by atoms with E-state index in [-0.39, 0.29) is 23.8 Å². The van der Waals surface area contributed by atoms with Crippen LogP contribution in [0.4, 0.5) is 5.00 Å². The molecule has 1 N–H and O–H groups in total. The summed E-state index contributed by atoms with van der Waals surface area (Å²) >= 11 is 1.24. The van der Waals surface area contributed by atoms with E-state index in [0.29, 0.717) is 27.5 Å². The molecule has 0 atom stereocenters. The molecule has 1 aliphatic rings. The van der Waals surface area contributed by atoms with Crippen molar-refractivity contribution in [1.29, 1.82) is 5.26 Å². The van der Waals surface area contributed by atoms with E-state index in [4.69, 9.17) is 0 Å². The average molecular weight is 488 g/mol. The number of fused-ring (bicyclic) bond motifs is 1. The zero-order valence-corrected chi connectivity index (χ0v) is 21.6. The molecule has 1 aliphatic carbocycles. The van der Waals surface area contributed by atoms with Crippen LogP contribution in [0.15, 0.2) is 42.5 Å². The summed E-state index contributed by atoms with van der Waals surface area (Å²) < 4.78 is 0. The topological polar surface area (TPSA) is 73.2 Å². The second-order valence-corrected chi connectivity index (χ2v) is 10.4. The molecule has 182 valence electrons. The molecule has 1 fully saturated rings. The van der Waals surface area contributed by atoms with Crippen LogP contribution in [0.3, 0.4) is 0 Å². The highest BCUT2D eigenvalue weighted by molar-refractivity contribution is 7.18. The van der Waals surface area contributed by atoms with Crippen LogP contribution in [0, 0.1) is 24.2 Å². The van der Waals surface area contributed by atoms with Crippen molar-refractivity contribution in [1.82, 2.24) is 4.90 Å². The van der Waals surface area contributed by atoms with Crippen LogP contribution in [0.2, 0.25) is 0 Å². The Balaban J connectivity index is 1.65. The van der Waals surface area contributed by atoms with Gasteiger partial charge in [-0.15, -0.1) is 11.3 Å². The number of nitrogens with zero attached hydrogens (tertiary/aromatic N) is 2. The minimum atomic E-state index is -0.106. The fourth-order valence-corrected chi connectivity index (χ4v) is 6.18. The highest BCUT2D eigenvalue weighted by atomic mass is 32.1. The fourth-order valence-electron chi connectivity index (χ4n) is 5.06. The van der Waals surface area contributed by atoms with Gasteiger partial charge in [-0.05, 0) is 60.6 Å². The molecule has 6 heteroatoms. The molecule has 1 heterocycles. The third-order valence-corrected chi connectivity index (χ3v) is 8.43. The van der Waals surface area contributed by atoms with Gasteiger partial charge < -0.3 is 10.2 Å².